The van der Waals surface area contributed by atoms with E-state index >= 15 is 0 Å². The molecule has 2 amide bonds. The number of carbonyl (C=O) groups excluding carboxylic acids is 2. The summed E-state index contributed by atoms with van der Waals surface area (Å²) in [6.07, 6.45) is 4.82. The second kappa shape index (κ2) is 11.2. The minimum atomic E-state index is -0.353. The van der Waals surface area contributed by atoms with Crippen molar-refractivity contribution in [1.82, 2.24) is 4.98 Å². The van der Waals surface area contributed by atoms with E-state index in [1.807, 2.05) is 0 Å². The van der Waals surface area contributed by atoms with Crippen LogP contribution in [-0.4, -0.2) is 22.8 Å². The topological polar surface area (TPSA) is 97.1 Å². The molecule has 4 N–H and O–H groups in total. The molecule has 9 heteroatoms. The van der Waals surface area contributed by atoms with Crippen LogP contribution < -0.4 is 16.4 Å². The molecule has 0 spiro atoms. The number of nitrogens with zero attached hydrogens (tertiary/aromatic N) is 1. The molecule has 0 bridgehead atoms. The van der Waals surface area contributed by atoms with Crippen LogP contribution in [0.1, 0.15) is 36.0 Å². The van der Waals surface area contributed by atoms with E-state index in [2.05, 4.69) is 15.6 Å². The Morgan fingerprint density at radius 1 is 1.11 bits per heavy atom. The molecule has 28 heavy (non-hydrogen) atoms. The van der Waals surface area contributed by atoms with Crippen molar-refractivity contribution in [3.05, 3.63) is 53.2 Å². The van der Waals surface area contributed by atoms with Crippen molar-refractivity contribution in [2.75, 3.05) is 10.6 Å². The number of halogens is 3. The lowest BCUT2D eigenvalue weighted by molar-refractivity contribution is -0.117. The van der Waals surface area contributed by atoms with Gasteiger partial charge in [-0.15, -0.1) is 24.8 Å². The highest BCUT2D eigenvalue weighted by Gasteiger charge is 2.26. The quantitative estimate of drug-likeness (QED) is 0.639. The number of nitrogens with two attached hydrogens (primary N) is 1. The molecular formula is C19H23Cl3N4O2. The van der Waals surface area contributed by atoms with E-state index in [0.717, 1.165) is 19.3 Å². The van der Waals surface area contributed by atoms with Gasteiger partial charge in [0, 0.05) is 18.7 Å². The summed E-state index contributed by atoms with van der Waals surface area (Å²) in [4.78, 5) is 28.9. The number of rotatable bonds is 5. The van der Waals surface area contributed by atoms with E-state index in [9.17, 15) is 9.59 Å². The fourth-order valence-electron chi connectivity index (χ4n) is 3.18. The molecule has 0 saturated heterocycles. The normalized spacial score (nSPS) is 17.8. The van der Waals surface area contributed by atoms with Gasteiger partial charge in [-0.2, -0.15) is 0 Å². The molecular weight excluding hydrogens is 423 g/mol. The third-order valence-electron chi connectivity index (χ3n) is 4.58. The van der Waals surface area contributed by atoms with Crippen LogP contribution in [-0.2, 0) is 4.79 Å². The van der Waals surface area contributed by atoms with Crippen molar-refractivity contribution < 1.29 is 9.59 Å². The van der Waals surface area contributed by atoms with Gasteiger partial charge in [-0.25, -0.2) is 4.98 Å². The number of carbonyl (C=O) groups is 2. The van der Waals surface area contributed by atoms with Gasteiger partial charge in [0.15, 0.2) is 0 Å². The number of nitrogens with one attached hydrogen (secondary N) is 2. The first-order valence-corrected chi connectivity index (χ1v) is 8.98. The monoisotopic (exact) mass is 444 g/mol. The minimum Gasteiger partial charge on any atom is -0.327 e. The molecule has 0 unspecified atom stereocenters. The molecule has 152 valence electrons. The average Bonchev–Trinajstić information content (AvgIpc) is 3.02. The summed E-state index contributed by atoms with van der Waals surface area (Å²) in [5.41, 5.74) is 6.87. The lowest BCUT2D eigenvalue weighted by atomic mass is 9.99. The molecule has 2 aromatic rings. The molecule has 1 aliphatic rings. The number of aromatic nitrogens is 1. The minimum absolute atomic E-state index is 0. The Morgan fingerprint density at radius 3 is 2.50 bits per heavy atom. The molecule has 3 rings (SSSR count). The van der Waals surface area contributed by atoms with Gasteiger partial charge in [0.2, 0.25) is 5.91 Å². The fourth-order valence-corrected chi connectivity index (χ4v) is 3.29. The molecule has 0 radical (unpaired) electrons. The molecule has 1 aromatic heterocycles. The molecule has 0 aliphatic heterocycles. The molecule has 1 saturated carbocycles. The summed E-state index contributed by atoms with van der Waals surface area (Å²) in [5, 5.41) is 6.02. The largest absolute Gasteiger partial charge is 0.327 e. The summed E-state index contributed by atoms with van der Waals surface area (Å²) >= 11 is 5.80. The first-order chi connectivity index (χ1) is 12.5. The van der Waals surface area contributed by atoms with Gasteiger partial charge in [-0.3, -0.25) is 9.59 Å². The highest BCUT2D eigenvalue weighted by molar-refractivity contribution is 6.30. The second-order valence-electron chi connectivity index (χ2n) is 6.47. The Morgan fingerprint density at radius 2 is 1.86 bits per heavy atom. The highest BCUT2D eigenvalue weighted by Crippen LogP contribution is 2.27. The maximum Gasteiger partial charge on any atom is 0.258 e. The molecule has 1 heterocycles. The van der Waals surface area contributed by atoms with E-state index < -0.39 is 0 Å². The van der Waals surface area contributed by atoms with Crippen molar-refractivity contribution >= 4 is 59.7 Å². The van der Waals surface area contributed by atoms with Crippen LogP contribution in [0.25, 0.3) is 0 Å². The lowest BCUT2D eigenvalue weighted by Gasteiger charge is -2.16. The number of benzene rings is 1. The van der Waals surface area contributed by atoms with Crippen molar-refractivity contribution in [3.63, 3.8) is 0 Å². The second-order valence-corrected chi connectivity index (χ2v) is 6.90. The number of para-hydroxylation sites is 1. The van der Waals surface area contributed by atoms with Crippen LogP contribution in [0, 0.1) is 5.92 Å². The van der Waals surface area contributed by atoms with E-state index in [1.54, 1.807) is 36.4 Å². The van der Waals surface area contributed by atoms with Crippen LogP contribution in [0.3, 0.4) is 0 Å². The molecule has 1 aromatic carbocycles. The Kier molecular flexibility index (Phi) is 9.69. The number of anilines is 2. The lowest BCUT2D eigenvalue weighted by Crippen LogP contribution is -2.28. The van der Waals surface area contributed by atoms with E-state index in [0.29, 0.717) is 28.5 Å². The van der Waals surface area contributed by atoms with Gasteiger partial charge in [-0.1, -0.05) is 30.2 Å². The zero-order chi connectivity index (χ0) is 18.5. The van der Waals surface area contributed by atoms with Crippen LogP contribution >= 0.6 is 36.4 Å². The molecule has 1 fully saturated rings. The highest BCUT2D eigenvalue weighted by atomic mass is 35.5. The zero-order valence-electron chi connectivity index (χ0n) is 15.1. The van der Waals surface area contributed by atoms with E-state index in [-0.39, 0.29) is 48.6 Å². The summed E-state index contributed by atoms with van der Waals surface area (Å²) in [5.74, 6) is 0.109. The van der Waals surface area contributed by atoms with E-state index in [4.69, 9.17) is 17.3 Å². The van der Waals surface area contributed by atoms with Gasteiger partial charge in [0.1, 0.15) is 5.82 Å². The maximum absolute atomic E-state index is 12.5. The van der Waals surface area contributed by atoms with Crippen LogP contribution in [0.5, 0.6) is 0 Å². The number of hydrogen-bond acceptors (Lipinski definition) is 4. The third-order valence-corrected chi connectivity index (χ3v) is 4.80. The Bertz CT molecular complexity index is 802. The predicted molar refractivity (Wildman–Crippen MR) is 117 cm³/mol. The Balaban J connectivity index is 0.00000196. The number of amides is 2. The Hall–Kier alpha value is -1.86. The molecule has 2 atom stereocenters. The average molecular weight is 446 g/mol. The van der Waals surface area contributed by atoms with Crippen molar-refractivity contribution in [3.8, 4) is 0 Å². The third kappa shape index (κ3) is 6.34. The smallest absolute Gasteiger partial charge is 0.258 e. The van der Waals surface area contributed by atoms with Crippen molar-refractivity contribution in [1.29, 1.82) is 0 Å². The van der Waals surface area contributed by atoms with Gasteiger partial charge in [-0.05, 0) is 43.0 Å². The fraction of sp³-hybridized carbons (Fsp3) is 0.316. The van der Waals surface area contributed by atoms with E-state index in [1.165, 1.54) is 6.20 Å². The maximum atomic E-state index is 12.5. The SMILES string of the molecule is Cl.Cl.N[C@@H]1CCC[C@H]1CC(=O)Nc1ccccc1C(=O)Nc1ccc(Cl)cn1. The van der Waals surface area contributed by atoms with Gasteiger partial charge >= 0.3 is 0 Å². The van der Waals surface area contributed by atoms with Crippen molar-refractivity contribution in [2.45, 2.75) is 31.7 Å². The van der Waals surface area contributed by atoms with Gasteiger partial charge in [0.05, 0.1) is 16.3 Å². The van der Waals surface area contributed by atoms with Crippen LogP contribution in [0.4, 0.5) is 11.5 Å². The predicted octanol–water partition coefficient (Wildman–Crippen LogP) is 4.29. The summed E-state index contributed by atoms with van der Waals surface area (Å²) < 4.78 is 0. The first-order valence-electron chi connectivity index (χ1n) is 8.60. The van der Waals surface area contributed by atoms with Crippen LogP contribution in [0.15, 0.2) is 42.6 Å². The zero-order valence-corrected chi connectivity index (χ0v) is 17.4. The van der Waals surface area contributed by atoms with Gasteiger partial charge < -0.3 is 16.4 Å². The van der Waals surface area contributed by atoms with Gasteiger partial charge in [0.25, 0.3) is 5.91 Å². The molecule has 6 nitrogen and oxygen atoms in total. The summed E-state index contributed by atoms with van der Waals surface area (Å²) in [6.45, 7) is 0. The van der Waals surface area contributed by atoms with Crippen molar-refractivity contribution in [2.24, 2.45) is 11.7 Å². The number of pyridine rings is 1. The number of hydrogen-bond donors (Lipinski definition) is 3. The van der Waals surface area contributed by atoms with Crippen LogP contribution in [0.2, 0.25) is 5.02 Å². The summed E-state index contributed by atoms with van der Waals surface area (Å²) in [7, 11) is 0. The standard InChI is InChI=1S/C19H21ClN4O2.2ClH/c20-13-8-9-17(22-11-13)24-19(26)14-5-1-2-7-16(14)23-18(25)10-12-4-3-6-15(12)21;;/h1-2,5,7-9,11-12,15H,3-4,6,10,21H2,(H,23,25)(H,22,24,26);2*1H/t12-,15+;;/m0../s1. The first kappa shape index (κ1) is 24.2. The Labute approximate surface area is 181 Å². The molecule has 1 aliphatic carbocycles. The summed E-state index contributed by atoms with van der Waals surface area (Å²) in [6, 6.07) is 10.2.